The number of halogens is 4. The lowest BCUT2D eigenvalue weighted by molar-refractivity contribution is -0.214. The Morgan fingerprint density at radius 1 is 1.26 bits per heavy atom. The van der Waals surface area contributed by atoms with E-state index in [1.165, 1.54) is 6.08 Å². The van der Waals surface area contributed by atoms with Crippen molar-refractivity contribution in [2.75, 3.05) is 6.07 Å². The maximum absolute atomic E-state index is 13.4. The summed E-state index contributed by atoms with van der Waals surface area (Å²) in [6.07, 6.45) is 5.63. The van der Waals surface area contributed by atoms with Crippen LogP contribution in [0.2, 0.25) is 0 Å². The van der Waals surface area contributed by atoms with E-state index in [1.54, 1.807) is 19.1 Å². The summed E-state index contributed by atoms with van der Waals surface area (Å²) in [6, 6.07) is -0.423. The number of ketones is 1. The molecule has 3 fully saturated rings. The largest absolute Gasteiger partial charge is 0.446 e. The summed E-state index contributed by atoms with van der Waals surface area (Å²) in [6.45, 7) is 5.59. The molecule has 0 aromatic carbocycles. The van der Waals surface area contributed by atoms with Crippen LogP contribution in [0.5, 0.6) is 0 Å². The number of rotatable bonds is 4. The summed E-state index contributed by atoms with van der Waals surface area (Å²) in [7, 11) is 0. The van der Waals surface area contributed by atoms with E-state index in [2.05, 4.69) is 0 Å². The van der Waals surface area contributed by atoms with E-state index >= 15 is 0 Å². The van der Waals surface area contributed by atoms with Crippen LogP contribution in [-0.2, 0) is 23.9 Å². The van der Waals surface area contributed by atoms with Crippen LogP contribution in [0.3, 0.4) is 0 Å². The predicted molar refractivity (Wildman–Crippen MR) is 129 cm³/mol. The van der Waals surface area contributed by atoms with Crippen LogP contribution in [0.25, 0.3) is 0 Å². The van der Waals surface area contributed by atoms with Crippen molar-refractivity contribution in [3.05, 3.63) is 23.8 Å². The molecule has 8 atom stereocenters. The van der Waals surface area contributed by atoms with Crippen LogP contribution < -0.4 is 0 Å². The van der Waals surface area contributed by atoms with Gasteiger partial charge in [-0.3, -0.25) is 4.79 Å². The van der Waals surface area contributed by atoms with E-state index in [-0.39, 0.29) is 24.0 Å². The standard InChI is InChI=1S/C24H28Cl4O6/c1-12-8-16-15-5-4-13-9-14(29)6-7-21(13,2)23(15,28)17(30)10-22(16,3)24(12,20(32)33-11-25)34-19(31)18(26)27/h6-7,9,12,15-18,30H,4-5,8,10-11H2,1-3H3/t12-,15+,16+,17+,21+,22+,23+,24+/m1/s1. The molecule has 1 N–H and O–H groups in total. The van der Waals surface area contributed by atoms with Gasteiger partial charge in [-0.25, -0.2) is 9.59 Å². The van der Waals surface area contributed by atoms with Crippen LogP contribution in [0.15, 0.2) is 23.8 Å². The zero-order valence-electron chi connectivity index (χ0n) is 19.2. The number of alkyl halides is 4. The van der Waals surface area contributed by atoms with Crippen molar-refractivity contribution in [1.29, 1.82) is 0 Å². The molecule has 34 heavy (non-hydrogen) atoms. The quantitative estimate of drug-likeness (QED) is 0.401. The second kappa shape index (κ2) is 8.65. The van der Waals surface area contributed by atoms with Gasteiger partial charge in [0.25, 0.3) is 0 Å². The topological polar surface area (TPSA) is 89.9 Å². The van der Waals surface area contributed by atoms with Gasteiger partial charge in [-0.15, -0.1) is 11.6 Å². The Labute approximate surface area is 218 Å². The third kappa shape index (κ3) is 3.28. The molecule has 0 spiro atoms. The van der Waals surface area contributed by atoms with Crippen molar-refractivity contribution in [2.24, 2.45) is 28.6 Å². The number of ether oxygens (including phenoxy) is 2. The molecule has 0 heterocycles. The Bertz CT molecular complexity index is 981. The van der Waals surface area contributed by atoms with Crippen LogP contribution in [0, 0.1) is 28.6 Å². The lowest BCUT2D eigenvalue weighted by Gasteiger charge is -2.63. The number of esters is 2. The number of allylic oxidation sites excluding steroid dienone is 4. The number of aliphatic hydroxyl groups is 1. The van der Waals surface area contributed by atoms with Crippen molar-refractivity contribution in [1.82, 2.24) is 0 Å². The first kappa shape index (κ1) is 26.3. The van der Waals surface area contributed by atoms with Crippen molar-refractivity contribution in [2.45, 2.75) is 67.9 Å². The van der Waals surface area contributed by atoms with Crippen LogP contribution in [0.4, 0.5) is 0 Å². The second-order valence-corrected chi connectivity index (χ2v) is 12.3. The molecule has 188 valence electrons. The molecule has 6 nitrogen and oxygen atoms in total. The summed E-state index contributed by atoms with van der Waals surface area (Å²) in [5.74, 6) is -2.77. The van der Waals surface area contributed by atoms with Gasteiger partial charge in [0.15, 0.2) is 11.8 Å². The number of hydrogen-bond donors (Lipinski definition) is 1. The highest BCUT2D eigenvalue weighted by Crippen LogP contribution is 2.72. The normalized spacial score (nSPS) is 45.2. The maximum atomic E-state index is 13.4. The fourth-order valence-electron chi connectivity index (χ4n) is 7.58. The molecule has 0 amide bonds. The Morgan fingerprint density at radius 3 is 2.56 bits per heavy atom. The van der Waals surface area contributed by atoms with Gasteiger partial charge in [0.1, 0.15) is 0 Å². The summed E-state index contributed by atoms with van der Waals surface area (Å²) in [5, 5.41) is 11.7. The second-order valence-electron chi connectivity index (χ2n) is 10.4. The molecule has 0 aliphatic heterocycles. The first-order chi connectivity index (χ1) is 15.8. The zero-order chi connectivity index (χ0) is 25.3. The Balaban J connectivity index is 1.84. The Kier molecular flexibility index (Phi) is 6.69. The molecule has 4 rings (SSSR count). The summed E-state index contributed by atoms with van der Waals surface area (Å²) in [5.41, 5.74) is -2.63. The molecule has 4 aliphatic carbocycles. The highest BCUT2D eigenvalue weighted by molar-refractivity contribution is 6.53. The zero-order valence-corrected chi connectivity index (χ0v) is 22.2. The summed E-state index contributed by atoms with van der Waals surface area (Å²) >= 11 is 24.7. The van der Waals surface area contributed by atoms with E-state index < -0.39 is 56.2 Å². The third-order valence-corrected chi connectivity index (χ3v) is 10.5. The van der Waals surface area contributed by atoms with Gasteiger partial charge in [-0.05, 0) is 49.7 Å². The molecule has 3 saturated carbocycles. The van der Waals surface area contributed by atoms with Gasteiger partial charge in [-0.1, -0.05) is 67.2 Å². The smallest absolute Gasteiger partial charge is 0.352 e. The van der Waals surface area contributed by atoms with Crippen LogP contribution >= 0.6 is 46.4 Å². The third-order valence-electron chi connectivity index (χ3n) is 9.11. The van der Waals surface area contributed by atoms with Gasteiger partial charge >= 0.3 is 11.9 Å². The minimum absolute atomic E-state index is 0.0621. The molecule has 0 aromatic rings. The average Bonchev–Trinajstić information content (AvgIpc) is 2.97. The molecule has 0 radical (unpaired) electrons. The monoisotopic (exact) mass is 552 g/mol. The first-order valence-corrected chi connectivity index (χ1v) is 13.1. The number of fused-ring (bicyclic) bond motifs is 5. The summed E-state index contributed by atoms with van der Waals surface area (Å²) in [4.78, 5) is 35.5. The average molecular weight is 554 g/mol. The number of carbonyl (C=O) groups excluding carboxylic acids is 3. The lowest BCUT2D eigenvalue weighted by atomic mass is 9.45. The van der Waals surface area contributed by atoms with Crippen LogP contribution in [0.1, 0.15) is 46.5 Å². The van der Waals surface area contributed by atoms with Gasteiger partial charge in [0, 0.05) is 16.7 Å². The van der Waals surface area contributed by atoms with E-state index in [4.69, 9.17) is 55.9 Å². The Hall–Kier alpha value is -0.790. The van der Waals surface area contributed by atoms with Crippen molar-refractivity contribution in [3.63, 3.8) is 0 Å². The molecule has 0 aromatic heterocycles. The molecule has 4 aliphatic rings. The predicted octanol–water partition coefficient (Wildman–Crippen LogP) is 4.70. The maximum Gasteiger partial charge on any atom is 0.352 e. The van der Waals surface area contributed by atoms with Gasteiger partial charge in [0.2, 0.25) is 10.4 Å². The molecule has 0 bridgehead atoms. The minimum Gasteiger partial charge on any atom is -0.446 e. The molecule has 0 unspecified atom stereocenters. The van der Waals surface area contributed by atoms with Crippen molar-refractivity contribution in [3.8, 4) is 0 Å². The van der Waals surface area contributed by atoms with E-state index in [0.29, 0.717) is 19.3 Å². The van der Waals surface area contributed by atoms with Gasteiger partial charge in [0.05, 0.1) is 11.0 Å². The Morgan fingerprint density at radius 2 is 1.94 bits per heavy atom. The first-order valence-electron chi connectivity index (χ1n) is 11.3. The number of carbonyl (C=O) groups is 3. The fraction of sp³-hybridized carbons (Fsp3) is 0.708. The van der Waals surface area contributed by atoms with Crippen molar-refractivity contribution < 1.29 is 29.0 Å². The highest BCUT2D eigenvalue weighted by Gasteiger charge is 2.77. The molecular weight excluding hydrogens is 526 g/mol. The highest BCUT2D eigenvalue weighted by atomic mass is 35.5. The van der Waals surface area contributed by atoms with Gasteiger partial charge in [-0.2, -0.15) is 0 Å². The van der Waals surface area contributed by atoms with Crippen LogP contribution in [-0.4, -0.2) is 50.3 Å². The lowest BCUT2D eigenvalue weighted by Crippen LogP contribution is -2.69. The van der Waals surface area contributed by atoms with E-state index in [1.807, 2.05) is 13.8 Å². The summed E-state index contributed by atoms with van der Waals surface area (Å²) < 4.78 is 11.0. The minimum atomic E-state index is -1.75. The number of hydrogen-bond acceptors (Lipinski definition) is 6. The molecule has 0 saturated heterocycles. The number of aliphatic hydroxyl groups excluding tert-OH is 1. The van der Waals surface area contributed by atoms with E-state index in [0.717, 1.165) is 5.57 Å². The molecular formula is C24H28Cl4O6. The van der Waals surface area contributed by atoms with Crippen molar-refractivity contribution >= 4 is 64.1 Å². The SMILES string of the molecule is C[C@@H]1C[C@H]2[C@@H]3CCC4=CC(=O)C=C[C@]4(C)[C@@]3(Cl)[C@@H](O)C[C@]2(C)[C@@]1(OC(=O)C(Cl)Cl)C(=O)OCCl. The fourth-order valence-corrected chi connectivity index (χ4v) is 8.30. The molecule has 10 heteroatoms. The van der Waals surface area contributed by atoms with E-state index in [9.17, 15) is 19.5 Å². The van der Waals surface area contributed by atoms with Gasteiger partial charge < -0.3 is 14.6 Å².